The van der Waals surface area contributed by atoms with E-state index in [4.69, 9.17) is 0 Å². The van der Waals surface area contributed by atoms with E-state index in [2.05, 4.69) is 66.0 Å². The Labute approximate surface area is 129 Å². The molecule has 0 amide bonds. The molecule has 4 N–H and O–H groups in total. The molecule has 0 spiro atoms. The van der Waals surface area contributed by atoms with Crippen LogP contribution in [0.25, 0.3) is 11.3 Å². The molecular weight excluding hydrogens is 275 g/mol. The Bertz CT molecular complexity index is 643. The average molecular weight is 296 g/mol. The summed E-state index contributed by atoms with van der Waals surface area (Å²) in [5, 5.41) is 3.38. The van der Waals surface area contributed by atoms with E-state index in [0.29, 0.717) is 0 Å². The lowest BCUT2D eigenvalue weighted by molar-refractivity contribution is 1.22. The maximum absolute atomic E-state index is 3.38. The Kier molecular flexibility index (Phi) is 6.61. The molecule has 3 heteroatoms. The molecule has 1 unspecified atom stereocenters. The molecule has 0 aromatic heterocycles. The fraction of sp³-hybridized carbons (Fsp3) is 0. The highest BCUT2D eigenvalue weighted by atomic mass is 31.0. The van der Waals surface area contributed by atoms with Gasteiger partial charge in [-0.2, -0.15) is 9.90 Å². The largest absolute Gasteiger partial charge is 0.361 e. The minimum atomic E-state index is 0. The zero-order chi connectivity index (χ0) is 12.9. The van der Waals surface area contributed by atoms with Gasteiger partial charge >= 0.3 is 0 Å². The Morgan fingerprint density at radius 2 is 1.24 bits per heavy atom. The second-order valence-corrected chi connectivity index (χ2v) is 4.38. The molecule has 1 aliphatic heterocycles. The Hall–Kier alpha value is -2.15. The van der Waals surface area contributed by atoms with Crippen LogP contribution in [0.1, 0.15) is 11.1 Å². The van der Waals surface area contributed by atoms with E-state index in [0.717, 1.165) is 5.70 Å². The van der Waals surface area contributed by atoms with E-state index in [-0.39, 0.29) is 16.0 Å². The molecule has 0 fully saturated rings. The first-order valence-corrected chi connectivity index (χ1v) is 6.40. The Morgan fingerprint density at radius 1 is 0.667 bits per heavy atom. The predicted octanol–water partition coefficient (Wildman–Crippen LogP) is 4.45. The third kappa shape index (κ3) is 3.91. The SMILES string of the molecule is C1=CNC(c2ccccc2)=C(c2ccccc2)C=C1.N.P. The van der Waals surface area contributed by atoms with Crippen molar-refractivity contribution in [1.29, 1.82) is 0 Å². The van der Waals surface area contributed by atoms with Crippen molar-refractivity contribution < 1.29 is 0 Å². The van der Waals surface area contributed by atoms with E-state index in [1.807, 2.05) is 24.4 Å². The van der Waals surface area contributed by atoms with Gasteiger partial charge in [-0.3, -0.25) is 0 Å². The third-order valence-corrected chi connectivity index (χ3v) is 3.11. The van der Waals surface area contributed by atoms with Crippen molar-refractivity contribution in [2.24, 2.45) is 0 Å². The van der Waals surface area contributed by atoms with Gasteiger partial charge in [-0.25, -0.2) is 0 Å². The van der Waals surface area contributed by atoms with Gasteiger partial charge in [-0.05, 0) is 17.2 Å². The predicted molar refractivity (Wildman–Crippen MR) is 97.2 cm³/mol. The van der Waals surface area contributed by atoms with Crippen LogP contribution in [0.4, 0.5) is 0 Å². The van der Waals surface area contributed by atoms with Gasteiger partial charge in [0.05, 0.1) is 5.70 Å². The molecule has 0 saturated carbocycles. The molecule has 1 atom stereocenters. The first-order valence-electron chi connectivity index (χ1n) is 6.40. The number of nitrogens with one attached hydrogen (secondary N) is 1. The Morgan fingerprint density at radius 3 is 1.86 bits per heavy atom. The van der Waals surface area contributed by atoms with Gasteiger partial charge < -0.3 is 11.5 Å². The van der Waals surface area contributed by atoms with Crippen LogP contribution in [0.15, 0.2) is 85.1 Å². The summed E-state index contributed by atoms with van der Waals surface area (Å²) in [6.45, 7) is 0. The standard InChI is InChI=1S/C18H15N.H3N.H3P/c1-3-9-15(10-4-1)17-13-7-8-14-19-18(17)16-11-5-2-6-12-16;;/h1-14,19H;2*1H3. The van der Waals surface area contributed by atoms with E-state index < -0.39 is 0 Å². The van der Waals surface area contributed by atoms with Crippen molar-refractivity contribution in [1.82, 2.24) is 11.5 Å². The Balaban J connectivity index is 0.00000110. The summed E-state index contributed by atoms with van der Waals surface area (Å²) < 4.78 is 0. The first kappa shape index (κ1) is 16.9. The van der Waals surface area contributed by atoms with Crippen LogP contribution in [0.3, 0.4) is 0 Å². The quantitative estimate of drug-likeness (QED) is 0.804. The highest BCUT2D eigenvalue weighted by Gasteiger charge is 2.09. The van der Waals surface area contributed by atoms with Crippen molar-refractivity contribution >= 4 is 21.2 Å². The first-order chi connectivity index (χ1) is 9.45. The van der Waals surface area contributed by atoms with E-state index in [1.54, 1.807) is 0 Å². The summed E-state index contributed by atoms with van der Waals surface area (Å²) in [5.74, 6) is 0. The van der Waals surface area contributed by atoms with Crippen LogP contribution in [-0.2, 0) is 0 Å². The normalized spacial score (nSPS) is 12.8. The molecule has 2 aromatic rings. The molecule has 0 radical (unpaired) electrons. The fourth-order valence-corrected chi connectivity index (χ4v) is 2.20. The lowest BCUT2D eigenvalue weighted by Crippen LogP contribution is -2.05. The summed E-state index contributed by atoms with van der Waals surface area (Å²) >= 11 is 0. The lowest BCUT2D eigenvalue weighted by atomic mass is 9.99. The number of hydrogen-bond donors (Lipinski definition) is 2. The molecule has 2 aromatic carbocycles. The molecule has 108 valence electrons. The van der Waals surface area contributed by atoms with E-state index in [9.17, 15) is 0 Å². The molecule has 21 heavy (non-hydrogen) atoms. The van der Waals surface area contributed by atoms with Gasteiger partial charge in [0, 0.05) is 11.8 Å². The smallest absolute Gasteiger partial charge is 0.0533 e. The van der Waals surface area contributed by atoms with Crippen molar-refractivity contribution in [2.75, 3.05) is 0 Å². The number of rotatable bonds is 2. The van der Waals surface area contributed by atoms with Gasteiger partial charge in [0.15, 0.2) is 0 Å². The maximum Gasteiger partial charge on any atom is 0.0533 e. The molecule has 2 nitrogen and oxygen atoms in total. The number of hydrogen-bond acceptors (Lipinski definition) is 2. The minimum Gasteiger partial charge on any atom is -0.361 e. The zero-order valence-corrected chi connectivity index (χ0v) is 13.4. The monoisotopic (exact) mass is 296 g/mol. The molecule has 3 rings (SSSR count). The second-order valence-electron chi connectivity index (χ2n) is 4.38. The minimum absolute atomic E-state index is 0. The number of benzene rings is 2. The van der Waals surface area contributed by atoms with Crippen molar-refractivity contribution in [2.45, 2.75) is 0 Å². The highest BCUT2D eigenvalue weighted by molar-refractivity contribution is 6.92. The van der Waals surface area contributed by atoms with Gasteiger partial charge in [0.1, 0.15) is 0 Å². The molecule has 0 saturated heterocycles. The summed E-state index contributed by atoms with van der Waals surface area (Å²) in [7, 11) is 0. The van der Waals surface area contributed by atoms with E-state index in [1.165, 1.54) is 16.7 Å². The van der Waals surface area contributed by atoms with Crippen molar-refractivity contribution in [3.8, 4) is 0 Å². The summed E-state index contributed by atoms with van der Waals surface area (Å²) in [4.78, 5) is 0. The molecule has 1 heterocycles. The topological polar surface area (TPSA) is 47.0 Å². The van der Waals surface area contributed by atoms with Gasteiger partial charge in [-0.1, -0.05) is 72.8 Å². The van der Waals surface area contributed by atoms with Crippen LogP contribution in [0, 0.1) is 0 Å². The highest BCUT2D eigenvalue weighted by Crippen LogP contribution is 2.26. The zero-order valence-electron chi connectivity index (χ0n) is 12.0. The summed E-state index contributed by atoms with van der Waals surface area (Å²) in [5.41, 5.74) is 4.75. The van der Waals surface area contributed by atoms with Crippen LogP contribution >= 0.6 is 9.90 Å². The molecule has 1 aliphatic rings. The third-order valence-electron chi connectivity index (χ3n) is 3.11. The summed E-state index contributed by atoms with van der Waals surface area (Å²) in [6, 6.07) is 20.8. The van der Waals surface area contributed by atoms with Crippen LogP contribution in [-0.4, -0.2) is 0 Å². The fourth-order valence-electron chi connectivity index (χ4n) is 2.20. The van der Waals surface area contributed by atoms with Crippen molar-refractivity contribution in [3.05, 3.63) is 96.2 Å². The van der Waals surface area contributed by atoms with Gasteiger partial charge in [-0.15, -0.1) is 0 Å². The van der Waals surface area contributed by atoms with Crippen LogP contribution in [0.2, 0.25) is 0 Å². The maximum atomic E-state index is 3.38. The van der Waals surface area contributed by atoms with Crippen molar-refractivity contribution in [3.63, 3.8) is 0 Å². The van der Waals surface area contributed by atoms with Gasteiger partial charge in [0.2, 0.25) is 0 Å². The van der Waals surface area contributed by atoms with E-state index >= 15 is 0 Å². The van der Waals surface area contributed by atoms with Crippen LogP contribution in [0.5, 0.6) is 0 Å². The second kappa shape index (κ2) is 8.21. The number of allylic oxidation sites excluding steroid dienone is 4. The molecule has 0 bridgehead atoms. The van der Waals surface area contributed by atoms with Gasteiger partial charge in [0.25, 0.3) is 0 Å². The molecular formula is C18H21N2P. The summed E-state index contributed by atoms with van der Waals surface area (Å²) in [6.07, 6.45) is 8.19. The average Bonchev–Trinajstić information content (AvgIpc) is 2.75. The lowest BCUT2D eigenvalue weighted by Gasteiger charge is -2.12. The molecule has 0 aliphatic carbocycles. The van der Waals surface area contributed by atoms with Crippen LogP contribution < -0.4 is 11.5 Å².